The largest absolute Gasteiger partial charge is 0.481 e. The fourth-order valence-corrected chi connectivity index (χ4v) is 2.64. The summed E-state index contributed by atoms with van der Waals surface area (Å²) in [7, 11) is -3.87. The van der Waals surface area contributed by atoms with Crippen molar-refractivity contribution in [3.05, 3.63) is 0 Å². The van der Waals surface area contributed by atoms with Crippen molar-refractivity contribution in [3.63, 3.8) is 0 Å². The highest BCUT2D eigenvalue weighted by Crippen LogP contribution is 2.30. The van der Waals surface area contributed by atoms with Crippen LogP contribution < -0.4 is 0 Å². The maximum absolute atomic E-state index is 10.6. The van der Waals surface area contributed by atoms with E-state index in [-0.39, 0.29) is 17.6 Å². The molecule has 0 bridgehead atoms. The lowest BCUT2D eigenvalue weighted by atomic mass is 9.81. The van der Waals surface area contributed by atoms with Gasteiger partial charge in [-0.25, -0.2) is 0 Å². The summed E-state index contributed by atoms with van der Waals surface area (Å²) in [5.41, 5.74) is 0. The summed E-state index contributed by atoms with van der Waals surface area (Å²) in [6.07, 6.45) is 3.15. The zero-order chi connectivity index (χ0) is 11.5. The van der Waals surface area contributed by atoms with Gasteiger partial charge in [0.25, 0.3) is 10.1 Å². The van der Waals surface area contributed by atoms with E-state index >= 15 is 0 Å². The van der Waals surface area contributed by atoms with E-state index < -0.39 is 16.1 Å². The number of rotatable bonds is 4. The third-order valence-electron chi connectivity index (χ3n) is 2.98. The molecular weight excluding hydrogens is 220 g/mol. The van der Waals surface area contributed by atoms with Crippen molar-refractivity contribution >= 4 is 16.1 Å². The quantitative estimate of drug-likeness (QED) is 0.714. The molecule has 0 aromatic heterocycles. The predicted octanol–water partition coefficient (Wildman–Crippen LogP) is 1.16. The Hall–Kier alpha value is -0.620. The highest BCUT2D eigenvalue weighted by molar-refractivity contribution is 7.85. The van der Waals surface area contributed by atoms with E-state index in [1.165, 1.54) is 0 Å². The van der Waals surface area contributed by atoms with Crippen molar-refractivity contribution in [3.8, 4) is 0 Å². The second kappa shape index (κ2) is 4.94. The molecule has 0 amide bonds. The molecule has 0 unspecified atom stereocenters. The Morgan fingerprint density at radius 3 is 2.13 bits per heavy atom. The molecule has 15 heavy (non-hydrogen) atoms. The van der Waals surface area contributed by atoms with Crippen LogP contribution in [0.15, 0.2) is 0 Å². The average molecular weight is 236 g/mol. The highest BCUT2D eigenvalue weighted by atomic mass is 32.2. The fourth-order valence-electron chi connectivity index (χ4n) is 2.01. The minimum atomic E-state index is -3.87. The Morgan fingerprint density at radius 2 is 1.73 bits per heavy atom. The molecular formula is C9H16O5S. The Bertz CT molecular complexity index is 313. The smallest absolute Gasteiger partial charge is 0.306 e. The van der Waals surface area contributed by atoms with Crippen LogP contribution >= 0.6 is 0 Å². The monoisotopic (exact) mass is 236 g/mol. The highest BCUT2D eigenvalue weighted by Gasteiger charge is 2.26. The second-order valence-corrected chi connectivity index (χ2v) is 5.70. The van der Waals surface area contributed by atoms with Gasteiger partial charge >= 0.3 is 5.97 Å². The molecule has 88 valence electrons. The van der Waals surface area contributed by atoms with E-state index in [0.29, 0.717) is 19.3 Å². The topological polar surface area (TPSA) is 91.7 Å². The summed E-state index contributed by atoms with van der Waals surface area (Å²) in [5.74, 6) is -1.01. The molecule has 0 spiro atoms. The third-order valence-corrected chi connectivity index (χ3v) is 3.73. The molecule has 0 aliphatic heterocycles. The van der Waals surface area contributed by atoms with Gasteiger partial charge in [-0.3, -0.25) is 9.35 Å². The normalized spacial score (nSPS) is 27.5. The van der Waals surface area contributed by atoms with Crippen LogP contribution in [0.25, 0.3) is 0 Å². The Morgan fingerprint density at radius 1 is 1.20 bits per heavy atom. The van der Waals surface area contributed by atoms with Crippen LogP contribution in [0, 0.1) is 11.8 Å². The SMILES string of the molecule is O=C(O)C1CCC(CCS(=O)(=O)O)CC1. The Balaban J connectivity index is 2.29. The van der Waals surface area contributed by atoms with E-state index in [4.69, 9.17) is 9.66 Å². The zero-order valence-electron chi connectivity index (χ0n) is 8.42. The first-order valence-corrected chi connectivity index (χ1v) is 6.67. The number of hydrogen-bond donors (Lipinski definition) is 2. The maximum atomic E-state index is 10.6. The standard InChI is InChI=1S/C9H16O5S/c10-9(11)8-3-1-7(2-4-8)5-6-15(12,13)14/h7-8H,1-6H2,(H,10,11)(H,12,13,14). The van der Waals surface area contributed by atoms with Gasteiger partial charge in [0.05, 0.1) is 11.7 Å². The number of carboxylic acid groups (broad SMARTS) is 1. The molecule has 0 heterocycles. The van der Waals surface area contributed by atoms with Crippen LogP contribution in [-0.4, -0.2) is 29.8 Å². The minimum absolute atomic E-state index is 0.213. The van der Waals surface area contributed by atoms with Gasteiger partial charge in [0, 0.05) is 0 Å². The first kappa shape index (κ1) is 12.4. The van der Waals surface area contributed by atoms with Crippen LogP contribution in [-0.2, 0) is 14.9 Å². The third kappa shape index (κ3) is 4.61. The van der Waals surface area contributed by atoms with Gasteiger partial charge in [0.1, 0.15) is 0 Å². The Kier molecular flexibility index (Phi) is 4.10. The summed E-state index contributed by atoms with van der Waals surface area (Å²) in [4.78, 5) is 10.6. The van der Waals surface area contributed by atoms with Crippen LogP contribution in [0.3, 0.4) is 0 Å². The summed E-state index contributed by atoms with van der Waals surface area (Å²) < 4.78 is 29.6. The molecule has 0 atom stereocenters. The first-order valence-electron chi connectivity index (χ1n) is 5.06. The molecule has 1 saturated carbocycles. The van der Waals surface area contributed by atoms with Crippen LogP contribution in [0.5, 0.6) is 0 Å². The molecule has 0 radical (unpaired) electrons. The van der Waals surface area contributed by atoms with Crippen molar-refractivity contribution in [2.75, 3.05) is 5.75 Å². The van der Waals surface area contributed by atoms with Crippen molar-refractivity contribution in [2.45, 2.75) is 32.1 Å². The molecule has 2 N–H and O–H groups in total. The molecule has 1 aliphatic rings. The van der Waals surface area contributed by atoms with E-state index in [9.17, 15) is 13.2 Å². The van der Waals surface area contributed by atoms with E-state index in [1.807, 2.05) is 0 Å². The van der Waals surface area contributed by atoms with Crippen molar-refractivity contribution in [1.29, 1.82) is 0 Å². The van der Waals surface area contributed by atoms with E-state index in [1.54, 1.807) is 0 Å². The van der Waals surface area contributed by atoms with E-state index in [0.717, 1.165) is 12.8 Å². The molecule has 1 fully saturated rings. The van der Waals surface area contributed by atoms with Crippen molar-refractivity contribution in [2.24, 2.45) is 11.8 Å². The molecule has 0 aromatic carbocycles. The van der Waals surface area contributed by atoms with Gasteiger partial charge in [0.15, 0.2) is 0 Å². The summed E-state index contributed by atoms with van der Waals surface area (Å²) in [5, 5.41) is 8.75. The second-order valence-electron chi connectivity index (χ2n) is 4.13. The van der Waals surface area contributed by atoms with Crippen molar-refractivity contribution < 1.29 is 22.9 Å². The van der Waals surface area contributed by atoms with Gasteiger partial charge in [0.2, 0.25) is 0 Å². The summed E-state index contributed by atoms with van der Waals surface area (Å²) >= 11 is 0. The maximum Gasteiger partial charge on any atom is 0.306 e. The Labute approximate surface area is 89.2 Å². The number of carboxylic acids is 1. The molecule has 6 heteroatoms. The van der Waals surface area contributed by atoms with Gasteiger partial charge in [-0.15, -0.1) is 0 Å². The number of aliphatic carboxylic acids is 1. The lowest BCUT2D eigenvalue weighted by molar-refractivity contribution is -0.143. The average Bonchev–Trinajstić information content (AvgIpc) is 2.14. The van der Waals surface area contributed by atoms with Gasteiger partial charge in [-0.1, -0.05) is 0 Å². The van der Waals surface area contributed by atoms with Gasteiger partial charge < -0.3 is 5.11 Å². The van der Waals surface area contributed by atoms with Gasteiger partial charge in [-0.2, -0.15) is 8.42 Å². The molecule has 1 rings (SSSR count). The van der Waals surface area contributed by atoms with Gasteiger partial charge in [-0.05, 0) is 38.0 Å². The first-order chi connectivity index (χ1) is 6.88. The minimum Gasteiger partial charge on any atom is -0.481 e. The van der Waals surface area contributed by atoms with E-state index in [2.05, 4.69) is 0 Å². The number of carbonyl (C=O) groups is 1. The van der Waals surface area contributed by atoms with Crippen LogP contribution in [0.2, 0.25) is 0 Å². The molecule has 0 aromatic rings. The zero-order valence-corrected chi connectivity index (χ0v) is 9.24. The molecule has 1 aliphatic carbocycles. The lowest BCUT2D eigenvalue weighted by Crippen LogP contribution is -2.22. The van der Waals surface area contributed by atoms with Crippen LogP contribution in [0.4, 0.5) is 0 Å². The predicted molar refractivity (Wildman–Crippen MR) is 54.1 cm³/mol. The lowest BCUT2D eigenvalue weighted by Gasteiger charge is -2.25. The van der Waals surface area contributed by atoms with Crippen molar-refractivity contribution in [1.82, 2.24) is 0 Å². The summed E-state index contributed by atoms with van der Waals surface area (Å²) in [6.45, 7) is 0. The fraction of sp³-hybridized carbons (Fsp3) is 0.889. The van der Waals surface area contributed by atoms with Crippen LogP contribution in [0.1, 0.15) is 32.1 Å². The number of hydrogen-bond acceptors (Lipinski definition) is 3. The summed E-state index contributed by atoms with van der Waals surface area (Å²) in [6, 6.07) is 0. The molecule has 0 saturated heterocycles. The molecule has 5 nitrogen and oxygen atoms in total.